The second-order valence-corrected chi connectivity index (χ2v) is 8.41. The summed E-state index contributed by atoms with van der Waals surface area (Å²) in [6.45, 7) is 7.18. The van der Waals surface area contributed by atoms with Crippen LogP contribution in [0.1, 0.15) is 43.2 Å². The van der Waals surface area contributed by atoms with Gasteiger partial charge in [-0.3, -0.25) is 14.5 Å². The maximum atomic E-state index is 13.1. The van der Waals surface area contributed by atoms with Crippen molar-refractivity contribution in [3.05, 3.63) is 35.4 Å². The normalized spacial score (nSPS) is 24.1. The maximum Gasteiger partial charge on any atom is 0.245 e. The zero-order valence-electron chi connectivity index (χ0n) is 16.4. The molecule has 3 fully saturated rings. The number of hydrogen-bond acceptors (Lipinski definition) is 3. The minimum atomic E-state index is -0.213. The number of piperidine rings is 1. The van der Waals surface area contributed by atoms with E-state index in [0.29, 0.717) is 0 Å². The van der Waals surface area contributed by atoms with E-state index in [2.05, 4.69) is 36.1 Å². The molecular formula is C22H31N3O2. The fourth-order valence-corrected chi connectivity index (χ4v) is 4.42. The van der Waals surface area contributed by atoms with Crippen molar-refractivity contribution >= 4 is 11.8 Å². The van der Waals surface area contributed by atoms with Gasteiger partial charge in [0.25, 0.3) is 0 Å². The van der Waals surface area contributed by atoms with E-state index < -0.39 is 0 Å². The van der Waals surface area contributed by atoms with Crippen molar-refractivity contribution in [1.29, 1.82) is 0 Å². The lowest BCUT2D eigenvalue weighted by Gasteiger charge is -2.41. The highest BCUT2D eigenvalue weighted by molar-refractivity contribution is 5.89. The first-order chi connectivity index (χ1) is 13.1. The van der Waals surface area contributed by atoms with E-state index in [1.54, 1.807) is 0 Å². The molecular weight excluding hydrogens is 338 g/mol. The molecule has 0 N–H and O–H groups in total. The van der Waals surface area contributed by atoms with E-state index in [-0.39, 0.29) is 23.8 Å². The maximum absolute atomic E-state index is 13.1. The van der Waals surface area contributed by atoms with Gasteiger partial charge in [-0.25, -0.2) is 0 Å². The van der Waals surface area contributed by atoms with Crippen LogP contribution in [0.2, 0.25) is 0 Å². The van der Waals surface area contributed by atoms with Gasteiger partial charge in [0.15, 0.2) is 0 Å². The minimum absolute atomic E-state index is 0.180. The average Bonchev–Trinajstić information content (AvgIpc) is 3.53. The second kappa shape index (κ2) is 8.01. The number of carbonyl (C=O) groups is 2. The molecule has 5 nitrogen and oxygen atoms in total. The molecule has 2 aliphatic heterocycles. The number of nitrogens with zero attached hydrogens (tertiary/aromatic N) is 3. The first-order valence-electron chi connectivity index (χ1n) is 10.5. The quantitative estimate of drug-likeness (QED) is 0.819. The van der Waals surface area contributed by atoms with Gasteiger partial charge in [-0.2, -0.15) is 0 Å². The average molecular weight is 370 g/mol. The summed E-state index contributed by atoms with van der Waals surface area (Å²) < 4.78 is 0. The Morgan fingerprint density at radius 2 is 1.74 bits per heavy atom. The molecule has 0 unspecified atom stereocenters. The van der Waals surface area contributed by atoms with Gasteiger partial charge in [0.1, 0.15) is 6.04 Å². The van der Waals surface area contributed by atoms with Crippen molar-refractivity contribution in [2.24, 2.45) is 5.92 Å². The number of aryl methyl sites for hydroxylation is 1. The summed E-state index contributed by atoms with van der Waals surface area (Å²) in [4.78, 5) is 32.0. The van der Waals surface area contributed by atoms with Crippen LogP contribution in [0.25, 0.3) is 0 Å². The van der Waals surface area contributed by atoms with Crippen LogP contribution >= 0.6 is 0 Å². The smallest absolute Gasteiger partial charge is 0.245 e. The zero-order chi connectivity index (χ0) is 18.8. The van der Waals surface area contributed by atoms with E-state index >= 15 is 0 Å². The summed E-state index contributed by atoms with van der Waals surface area (Å²) in [5.41, 5.74) is 2.63. The van der Waals surface area contributed by atoms with E-state index in [1.165, 1.54) is 11.1 Å². The number of piperazine rings is 1. The van der Waals surface area contributed by atoms with E-state index in [0.717, 1.165) is 71.4 Å². The summed E-state index contributed by atoms with van der Waals surface area (Å²) in [5, 5.41) is 0. The molecule has 1 aliphatic carbocycles. The molecule has 0 bridgehead atoms. The number of likely N-dealkylation sites (tertiary alicyclic amines) is 1. The Balaban J connectivity index is 1.32. The first-order valence-corrected chi connectivity index (χ1v) is 10.5. The second-order valence-electron chi connectivity index (χ2n) is 8.41. The summed E-state index contributed by atoms with van der Waals surface area (Å²) >= 11 is 0. The number of hydrogen-bond donors (Lipinski definition) is 0. The lowest BCUT2D eigenvalue weighted by Crippen LogP contribution is -2.57. The lowest BCUT2D eigenvalue weighted by molar-refractivity contribution is -0.149. The molecule has 2 heterocycles. The highest BCUT2D eigenvalue weighted by atomic mass is 16.2. The van der Waals surface area contributed by atoms with Gasteiger partial charge in [-0.1, -0.05) is 29.8 Å². The molecule has 1 atom stereocenters. The van der Waals surface area contributed by atoms with Crippen molar-refractivity contribution in [2.75, 3.05) is 32.7 Å². The lowest BCUT2D eigenvalue weighted by atomic mass is 9.99. The van der Waals surface area contributed by atoms with Crippen molar-refractivity contribution in [3.8, 4) is 0 Å². The fourth-order valence-electron chi connectivity index (χ4n) is 4.42. The van der Waals surface area contributed by atoms with Gasteiger partial charge in [0.05, 0.1) is 0 Å². The topological polar surface area (TPSA) is 43.9 Å². The largest absolute Gasteiger partial charge is 0.338 e. The molecule has 3 aliphatic rings. The predicted octanol–water partition coefficient (Wildman–Crippen LogP) is 2.43. The number of amides is 2. The van der Waals surface area contributed by atoms with Crippen LogP contribution in [0.4, 0.5) is 0 Å². The number of rotatable bonds is 4. The van der Waals surface area contributed by atoms with Gasteiger partial charge in [-0.15, -0.1) is 0 Å². The first kappa shape index (κ1) is 18.5. The molecule has 146 valence electrons. The zero-order valence-corrected chi connectivity index (χ0v) is 16.4. The van der Waals surface area contributed by atoms with Gasteiger partial charge < -0.3 is 9.80 Å². The van der Waals surface area contributed by atoms with Crippen molar-refractivity contribution in [3.63, 3.8) is 0 Å². The summed E-state index contributed by atoms with van der Waals surface area (Å²) in [6.07, 6.45) is 4.94. The summed E-state index contributed by atoms with van der Waals surface area (Å²) in [5.74, 6) is 0.606. The third-order valence-corrected chi connectivity index (χ3v) is 6.17. The molecule has 0 radical (unpaired) electrons. The van der Waals surface area contributed by atoms with Crippen molar-refractivity contribution in [2.45, 2.75) is 51.6 Å². The van der Waals surface area contributed by atoms with E-state index in [1.807, 2.05) is 9.80 Å². The monoisotopic (exact) mass is 369 g/mol. The van der Waals surface area contributed by atoms with Crippen LogP contribution in [0.15, 0.2) is 24.3 Å². The van der Waals surface area contributed by atoms with Gasteiger partial charge in [0, 0.05) is 45.2 Å². The highest BCUT2D eigenvalue weighted by Crippen LogP contribution is 2.33. The number of carbonyl (C=O) groups excluding carboxylic acids is 2. The molecule has 1 aromatic carbocycles. The third-order valence-electron chi connectivity index (χ3n) is 6.17. The molecule has 2 amide bonds. The summed E-state index contributed by atoms with van der Waals surface area (Å²) in [7, 11) is 0. The van der Waals surface area contributed by atoms with Crippen LogP contribution in [0, 0.1) is 12.8 Å². The molecule has 0 spiro atoms. The van der Waals surface area contributed by atoms with Crippen LogP contribution < -0.4 is 0 Å². The molecule has 4 rings (SSSR count). The minimum Gasteiger partial charge on any atom is -0.338 e. The molecule has 27 heavy (non-hydrogen) atoms. The summed E-state index contributed by atoms with van der Waals surface area (Å²) in [6, 6.07) is 8.43. The van der Waals surface area contributed by atoms with Gasteiger partial charge in [-0.05, 0) is 44.6 Å². The van der Waals surface area contributed by atoms with Crippen LogP contribution in [-0.4, -0.2) is 65.3 Å². The van der Waals surface area contributed by atoms with E-state index in [9.17, 15) is 9.59 Å². The third kappa shape index (κ3) is 4.34. The highest BCUT2D eigenvalue weighted by Gasteiger charge is 2.41. The standard InChI is InChI=1S/C22H31N3O2/c1-17-5-4-6-18(15-17)16-23-11-13-24(14-12-23)22(27)20-7-2-3-10-25(20)21(26)19-8-9-19/h4-6,15,19-20H,2-3,7-14,16H2,1H3/t20-/m0/s1. The molecule has 1 saturated carbocycles. The van der Waals surface area contributed by atoms with Crippen LogP contribution in [0.5, 0.6) is 0 Å². The van der Waals surface area contributed by atoms with E-state index in [4.69, 9.17) is 0 Å². The SMILES string of the molecule is Cc1cccc(CN2CCN(C(=O)[C@@H]3CCCCN3C(=O)C3CC3)CC2)c1. The Bertz CT molecular complexity index is 693. The van der Waals surface area contributed by atoms with Gasteiger partial charge >= 0.3 is 0 Å². The Morgan fingerprint density at radius 3 is 2.44 bits per heavy atom. The Hall–Kier alpha value is -1.88. The van der Waals surface area contributed by atoms with Crippen molar-refractivity contribution in [1.82, 2.24) is 14.7 Å². The van der Waals surface area contributed by atoms with Crippen molar-refractivity contribution < 1.29 is 9.59 Å². The molecule has 1 aromatic rings. The molecule has 2 saturated heterocycles. The number of benzene rings is 1. The van der Waals surface area contributed by atoms with Crippen LogP contribution in [-0.2, 0) is 16.1 Å². The van der Waals surface area contributed by atoms with Gasteiger partial charge in [0.2, 0.25) is 11.8 Å². The molecule has 5 heteroatoms. The Kier molecular flexibility index (Phi) is 5.48. The predicted molar refractivity (Wildman–Crippen MR) is 105 cm³/mol. The Labute approximate surface area is 162 Å². The van der Waals surface area contributed by atoms with Crippen LogP contribution in [0.3, 0.4) is 0 Å². The fraction of sp³-hybridized carbons (Fsp3) is 0.636. The Morgan fingerprint density at radius 1 is 0.963 bits per heavy atom. The molecule has 0 aromatic heterocycles.